The standard InChI is InChI=1S/C10H13NO3/c1-7-5-8(3-4-9(7)12)6-10(13)11(2)14/h3-5,12,14H,6H2,1-2H3. The number of hydrogen-bond acceptors (Lipinski definition) is 3. The molecule has 1 aromatic rings. The molecule has 0 spiro atoms. The van der Waals surface area contributed by atoms with E-state index in [4.69, 9.17) is 5.21 Å². The van der Waals surface area contributed by atoms with E-state index in [1.807, 2.05) is 0 Å². The monoisotopic (exact) mass is 195 g/mol. The van der Waals surface area contributed by atoms with Gasteiger partial charge < -0.3 is 5.11 Å². The molecule has 1 aromatic carbocycles. The molecule has 4 nitrogen and oxygen atoms in total. The minimum Gasteiger partial charge on any atom is -0.508 e. The second-order valence-corrected chi connectivity index (χ2v) is 3.21. The quantitative estimate of drug-likeness (QED) is 0.548. The fourth-order valence-electron chi connectivity index (χ4n) is 1.12. The van der Waals surface area contributed by atoms with Crippen LogP contribution in [-0.2, 0) is 11.2 Å². The van der Waals surface area contributed by atoms with Crippen molar-refractivity contribution in [2.75, 3.05) is 7.05 Å². The Balaban J connectivity index is 2.78. The van der Waals surface area contributed by atoms with Crippen LogP contribution in [0.3, 0.4) is 0 Å². The Kier molecular flexibility index (Phi) is 3.09. The average molecular weight is 195 g/mol. The van der Waals surface area contributed by atoms with Crippen LogP contribution in [0.2, 0.25) is 0 Å². The number of likely N-dealkylation sites (N-methyl/N-ethyl adjacent to an activating group) is 1. The van der Waals surface area contributed by atoms with Crippen LogP contribution in [0.15, 0.2) is 18.2 Å². The average Bonchev–Trinajstić information content (AvgIpc) is 2.11. The molecule has 76 valence electrons. The summed E-state index contributed by atoms with van der Waals surface area (Å²) in [5.74, 6) is -0.173. The van der Waals surface area contributed by atoms with Gasteiger partial charge in [-0.05, 0) is 24.1 Å². The number of hydroxylamine groups is 2. The second-order valence-electron chi connectivity index (χ2n) is 3.21. The van der Waals surface area contributed by atoms with Gasteiger partial charge in [-0.15, -0.1) is 0 Å². The predicted octanol–water partition coefficient (Wildman–Crippen LogP) is 1.09. The smallest absolute Gasteiger partial charge is 0.250 e. The van der Waals surface area contributed by atoms with Gasteiger partial charge in [0, 0.05) is 7.05 Å². The summed E-state index contributed by atoms with van der Waals surface area (Å²) >= 11 is 0. The third-order valence-electron chi connectivity index (χ3n) is 1.98. The molecule has 0 aliphatic heterocycles. The number of phenolic OH excluding ortho intramolecular Hbond substituents is 1. The number of nitrogens with zero attached hydrogens (tertiary/aromatic N) is 1. The van der Waals surface area contributed by atoms with E-state index in [1.165, 1.54) is 13.1 Å². The Morgan fingerprint density at radius 2 is 2.14 bits per heavy atom. The van der Waals surface area contributed by atoms with Gasteiger partial charge in [-0.3, -0.25) is 10.0 Å². The molecule has 14 heavy (non-hydrogen) atoms. The number of carbonyl (C=O) groups is 1. The van der Waals surface area contributed by atoms with Gasteiger partial charge in [0.05, 0.1) is 6.42 Å². The van der Waals surface area contributed by atoms with Crippen molar-refractivity contribution in [1.82, 2.24) is 5.06 Å². The lowest BCUT2D eigenvalue weighted by Gasteiger charge is -2.08. The van der Waals surface area contributed by atoms with E-state index in [0.717, 1.165) is 11.1 Å². The van der Waals surface area contributed by atoms with Crippen molar-refractivity contribution in [3.8, 4) is 5.75 Å². The fraction of sp³-hybridized carbons (Fsp3) is 0.300. The number of phenols is 1. The van der Waals surface area contributed by atoms with Gasteiger partial charge in [0.2, 0.25) is 5.91 Å². The summed E-state index contributed by atoms with van der Waals surface area (Å²) in [7, 11) is 1.29. The molecule has 0 saturated heterocycles. The lowest BCUT2D eigenvalue weighted by atomic mass is 10.1. The molecule has 0 radical (unpaired) electrons. The Morgan fingerprint density at radius 1 is 1.50 bits per heavy atom. The third kappa shape index (κ3) is 2.47. The summed E-state index contributed by atoms with van der Waals surface area (Å²) in [6, 6.07) is 4.91. The summed E-state index contributed by atoms with van der Waals surface area (Å²) < 4.78 is 0. The molecule has 1 amide bonds. The Morgan fingerprint density at radius 3 is 2.64 bits per heavy atom. The first-order valence-electron chi connectivity index (χ1n) is 4.24. The predicted molar refractivity (Wildman–Crippen MR) is 51.1 cm³/mol. The normalized spacial score (nSPS) is 9.93. The number of carbonyl (C=O) groups excluding carboxylic acids is 1. The van der Waals surface area contributed by atoms with Crippen LogP contribution in [0.5, 0.6) is 5.75 Å². The maximum absolute atomic E-state index is 11.1. The third-order valence-corrected chi connectivity index (χ3v) is 1.98. The van der Waals surface area contributed by atoms with Crippen LogP contribution in [0.25, 0.3) is 0 Å². The van der Waals surface area contributed by atoms with Crippen molar-refractivity contribution in [3.63, 3.8) is 0 Å². The van der Waals surface area contributed by atoms with Crippen LogP contribution >= 0.6 is 0 Å². The minimum atomic E-state index is -0.380. The zero-order chi connectivity index (χ0) is 10.7. The zero-order valence-corrected chi connectivity index (χ0v) is 8.19. The van der Waals surface area contributed by atoms with Gasteiger partial charge in [0.15, 0.2) is 0 Å². The molecule has 0 aliphatic carbocycles. The lowest BCUT2D eigenvalue weighted by Crippen LogP contribution is -2.24. The highest BCUT2D eigenvalue weighted by Gasteiger charge is 2.07. The van der Waals surface area contributed by atoms with Crippen molar-refractivity contribution in [2.24, 2.45) is 0 Å². The molecule has 4 heteroatoms. The van der Waals surface area contributed by atoms with Gasteiger partial charge in [0.1, 0.15) is 5.75 Å². The molecule has 0 atom stereocenters. The van der Waals surface area contributed by atoms with E-state index < -0.39 is 0 Å². The van der Waals surface area contributed by atoms with Crippen molar-refractivity contribution < 1.29 is 15.1 Å². The van der Waals surface area contributed by atoms with Crippen LogP contribution in [0.1, 0.15) is 11.1 Å². The number of hydrogen-bond donors (Lipinski definition) is 2. The van der Waals surface area contributed by atoms with Crippen LogP contribution < -0.4 is 0 Å². The number of aryl methyl sites for hydroxylation is 1. The van der Waals surface area contributed by atoms with Gasteiger partial charge in [-0.1, -0.05) is 12.1 Å². The topological polar surface area (TPSA) is 60.8 Å². The van der Waals surface area contributed by atoms with Crippen molar-refractivity contribution >= 4 is 5.91 Å². The summed E-state index contributed by atoms with van der Waals surface area (Å²) in [5, 5.41) is 18.6. The Bertz CT molecular complexity index is 347. The van der Waals surface area contributed by atoms with E-state index in [0.29, 0.717) is 5.06 Å². The summed E-state index contributed by atoms with van der Waals surface area (Å²) in [6.07, 6.45) is 0.133. The molecule has 0 saturated carbocycles. The molecule has 0 fully saturated rings. The summed E-state index contributed by atoms with van der Waals surface area (Å²) in [5.41, 5.74) is 1.49. The van der Waals surface area contributed by atoms with E-state index in [1.54, 1.807) is 19.1 Å². The highest BCUT2D eigenvalue weighted by Crippen LogP contribution is 2.17. The molecule has 0 aromatic heterocycles. The molecule has 0 heterocycles. The molecular weight excluding hydrogens is 182 g/mol. The van der Waals surface area contributed by atoms with E-state index >= 15 is 0 Å². The number of benzene rings is 1. The van der Waals surface area contributed by atoms with Crippen LogP contribution in [0, 0.1) is 6.92 Å². The first kappa shape index (κ1) is 10.5. The molecular formula is C10H13NO3. The summed E-state index contributed by atoms with van der Waals surface area (Å²) in [4.78, 5) is 11.1. The Labute approximate surface area is 82.4 Å². The van der Waals surface area contributed by atoms with Gasteiger partial charge in [-0.2, -0.15) is 0 Å². The lowest BCUT2D eigenvalue weighted by molar-refractivity contribution is -0.158. The second kappa shape index (κ2) is 4.11. The van der Waals surface area contributed by atoms with E-state index in [-0.39, 0.29) is 18.1 Å². The fourth-order valence-corrected chi connectivity index (χ4v) is 1.12. The number of rotatable bonds is 2. The zero-order valence-electron chi connectivity index (χ0n) is 8.19. The first-order valence-corrected chi connectivity index (χ1v) is 4.24. The van der Waals surface area contributed by atoms with Crippen molar-refractivity contribution in [2.45, 2.75) is 13.3 Å². The molecule has 0 aliphatic rings. The molecule has 0 bridgehead atoms. The minimum absolute atomic E-state index is 0.133. The van der Waals surface area contributed by atoms with E-state index in [9.17, 15) is 9.90 Å². The molecule has 2 N–H and O–H groups in total. The SMILES string of the molecule is Cc1cc(CC(=O)N(C)O)ccc1O. The molecule has 1 rings (SSSR count). The maximum atomic E-state index is 11.1. The first-order chi connectivity index (χ1) is 6.50. The van der Waals surface area contributed by atoms with Crippen LogP contribution in [0.4, 0.5) is 0 Å². The van der Waals surface area contributed by atoms with E-state index in [2.05, 4.69) is 0 Å². The Hall–Kier alpha value is -1.55. The van der Waals surface area contributed by atoms with Gasteiger partial charge >= 0.3 is 0 Å². The van der Waals surface area contributed by atoms with Crippen molar-refractivity contribution in [3.05, 3.63) is 29.3 Å². The van der Waals surface area contributed by atoms with Gasteiger partial charge in [0.25, 0.3) is 0 Å². The highest BCUT2D eigenvalue weighted by atomic mass is 16.5. The summed E-state index contributed by atoms with van der Waals surface area (Å²) in [6.45, 7) is 1.76. The largest absolute Gasteiger partial charge is 0.508 e. The number of amides is 1. The maximum Gasteiger partial charge on any atom is 0.250 e. The molecule has 0 unspecified atom stereocenters. The highest BCUT2D eigenvalue weighted by molar-refractivity contribution is 5.77. The van der Waals surface area contributed by atoms with Gasteiger partial charge in [-0.25, -0.2) is 5.06 Å². The number of aromatic hydroxyl groups is 1. The van der Waals surface area contributed by atoms with Crippen molar-refractivity contribution in [1.29, 1.82) is 0 Å². The van der Waals surface area contributed by atoms with Crippen LogP contribution in [-0.4, -0.2) is 28.3 Å².